The van der Waals surface area contributed by atoms with E-state index in [0.717, 1.165) is 12.8 Å². The first-order valence-electron chi connectivity index (χ1n) is 8.80. The molecule has 7 heteroatoms. The van der Waals surface area contributed by atoms with E-state index in [2.05, 4.69) is 29.1 Å². The fraction of sp³-hybridized carbons (Fsp3) is 0.706. The number of fused-ring (bicyclic) bond motifs is 1. The summed E-state index contributed by atoms with van der Waals surface area (Å²) in [7, 11) is 0. The molecule has 3 rings (SSSR count). The number of rotatable bonds is 3. The SMILES string of the molecule is CC1CCCC(NC(=O)CN2CCc3c([nH]c(=O)[nH]c3=O)C2)C1C. The molecule has 1 aliphatic carbocycles. The number of aromatic amines is 2. The Hall–Kier alpha value is -1.89. The number of carbonyl (C=O) groups is 1. The molecule has 0 spiro atoms. The van der Waals surface area contributed by atoms with E-state index in [0.29, 0.717) is 49.1 Å². The zero-order valence-electron chi connectivity index (χ0n) is 14.4. The highest BCUT2D eigenvalue weighted by atomic mass is 16.2. The Morgan fingerprint density at radius 3 is 2.83 bits per heavy atom. The van der Waals surface area contributed by atoms with E-state index in [1.165, 1.54) is 6.42 Å². The summed E-state index contributed by atoms with van der Waals surface area (Å²) in [6.45, 7) is 5.83. The van der Waals surface area contributed by atoms with Gasteiger partial charge in [0.25, 0.3) is 5.56 Å². The molecule has 1 aliphatic heterocycles. The summed E-state index contributed by atoms with van der Waals surface area (Å²) in [5.74, 6) is 1.17. The van der Waals surface area contributed by atoms with Crippen molar-refractivity contribution in [3.8, 4) is 0 Å². The zero-order chi connectivity index (χ0) is 17.3. The number of nitrogens with one attached hydrogen (secondary N) is 3. The first kappa shape index (κ1) is 17.0. The molecule has 7 nitrogen and oxygen atoms in total. The number of carbonyl (C=O) groups excluding carboxylic acids is 1. The molecule has 132 valence electrons. The fourth-order valence-electron chi connectivity index (χ4n) is 3.91. The van der Waals surface area contributed by atoms with E-state index in [-0.39, 0.29) is 17.5 Å². The van der Waals surface area contributed by atoms with Crippen LogP contribution in [0.15, 0.2) is 9.59 Å². The predicted molar refractivity (Wildman–Crippen MR) is 90.8 cm³/mol. The Balaban J connectivity index is 1.60. The lowest BCUT2D eigenvalue weighted by molar-refractivity contribution is -0.123. The lowest BCUT2D eigenvalue weighted by atomic mass is 9.78. The van der Waals surface area contributed by atoms with Crippen molar-refractivity contribution in [2.24, 2.45) is 11.8 Å². The van der Waals surface area contributed by atoms with Crippen LogP contribution in [0.5, 0.6) is 0 Å². The average molecular weight is 334 g/mol. The molecular formula is C17H26N4O3. The van der Waals surface area contributed by atoms with Gasteiger partial charge in [0, 0.05) is 30.4 Å². The Morgan fingerprint density at radius 2 is 2.04 bits per heavy atom. The molecule has 2 aliphatic rings. The van der Waals surface area contributed by atoms with Crippen LogP contribution in [0.2, 0.25) is 0 Å². The lowest BCUT2D eigenvalue weighted by Gasteiger charge is -2.35. The Kier molecular flexibility index (Phi) is 4.89. The van der Waals surface area contributed by atoms with E-state index < -0.39 is 5.69 Å². The molecule has 0 aromatic carbocycles. The molecule has 0 saturated heterocycles. The van der Waals surface area contributed by atoms with Crippen molar-refractivity contribution in [3.05, 3.63) is 32.1 Å². The second-order valence-corrected chi connectivity index (χ2v) is 7.27. The van der Waals surface area contributed by atoms with Gasteiger partial charge in [0.2, 0.25) is 5.91 Å². The predicted octanol–water partition coefficient (Wildman–Crippen LogP) is 0.362. The molecule has 3 N–H and O–H groups in total. The van der Waals surface area contributed by atoms with Crippen LogP contribution >= 0.6 is 0 Å². The molecule has 3 unspecified atom stereocenters. The maximum absolute atomic E-state index is 12.4. The highest BCUT2D eigenvalue weighted by molar-refractivity contribution is 5.78. The summed E-state index contributed by atoms with van der Waals surface area (Å²) < 4.78 is 0. The topological polar surface area (TPSA) is 98.1 Å². The standard InChI is InChI=1S/C17H26N4O3/c1-10-4-3-5-13(11(10)2)18-15(22)9-21-7-6-12-14(8-21)19-17(24)20-16(12)23/h10-11,13H,3-9H2,1-2H3,(H,18,22)(H2,19,20,23,24). The number of H-pyrrole nitrogens is 2. The first-order chi connectivity index (χ1) is 11.4. The molecule has 1 amide bonds. The van der Waals surface area contributed by atoms with Crippen molar-refractivity contribution < 1.29 is 4.79 Å². The van der Waals surface area contributed by atoms with Gasteiger partial charge in [-0.25, -0.2) is 4.79 Å². The van der Waals surface area contributed by atoms with Gasteiger partial charge < -0.3 is 10.3 Å². The van der Waals surface area contributed by atoms with Crippen molar-refractivity contribution in [2.45, 2.75) is 52.1 Å². The second kappa shape index (κ2) is 6.93. The molecule has 1 aromatic rings. The molecule has 3 atom stereocenters. The maximum Gasteiger partial charge on any atom is 0.325 e. The van der Waals surface area contributed by atoms with Gasteiger partial charge >= 0.3 is 5.69 Å². The summed E-state index contributed by atoms with van der Waals surface area (Å²) in [6.07, 6.45) is 3.99. The van der Waals surface area contributed by atoms with Gasteiger partial charge in [-0.1, -0.05) is 26.7 Å². The van der Waals surface area contributed by atoms with E-state index >= 15 is 0 Å². The van der Waals surface area contributed by atoms with Gasteiger partial charge in [0.15, 0.2) is 0 Å². The Morgan fingerprint density at radius 1 is 1.25 bits per heavy atom. The van der Waals surface area contributed by atoms with Crippen LogP contribution in [-0.2, 0) is 17.8 Å². The van der Waals surface area contributed by atoms with Crippen molar-refractivity contribution in [1.29, 1.82) is 0 Å². The van der Waals surface area contributed by atoms with Crippen molar-refractivity contribution in [1.82, 2.24) is 20.2 Å². The zero-order valence-corrected chi connectivity index (χ0v) is 14.4. The van der Waals surface area contributed by atoms with Gasteiger partial charge in [-0.2, -0.15) is 0 Å². The number of hydrogen-bond acceptors (Lipinski definition) is 4. The normalized spacial score (nSPS) is 27.5. The number of hydrogen-bond donors (Lipinski definition) is 3. The van der Waals surface area contributed by atoms with E-state index in [1.807, 2.05) is 4.90 Å². The smallest absolute Gasteiger partial charge is 0.325 e. The van der Waals surface area contributed by atoms with Crippen LogP contribution in [-0.4, -0.2) is 39.9 Å². The van der Waals surface area contributed by atoms with Gasteiger partial charge in [0.05, 0.1) is 6.54 Å². The van der Waals surface area contributed by atoms with Crippen LogP contribution in [0.25, 0.3) is 0 Å². The molecule has 1 saturated carbocycles. The molecule has 24 heavy (non-hydrogen) atoms. The summed E-state index contributed by atoms with van der Waals surface area (Å²) in [4.78, 5) is 42.5. The van der Waals surface area contributed by atoms with Crippen molar-refractivity contribution >= 4 is 5.91 Å². The average Bonchev–Trinajstić information content (AvgIpc) is 2.51. The second-order valence-electron chi connectivity index (χ2n) is 7.27. The third kappa shape index (κ3) is 3.61. The molecule has 2 heterocycles. The lowest BCUT2D eigenvalue weighted by Crippen LogP contribution is -2.48. The van der Waals surface area contributed by atoms with Gasteiger partial charge in [-0.05, 0) is 24.7 Å². The summed E-state index contributed by atoms with van der Waals surface area (Å²) in [5.41, 5.74) is 0.446. The van der Waals surface area contributed by atoms with E-state index in [1.54, 1.807) is 0 Å². The molecule has 1 aromatic heterocycles. The third-order valence-corrected chi connectivity index (χ3v) is 5.61. The van der Waals surface area contributed by atoms with Crippen LogP contribution in [0.1, 0.15) is 44.4 Å². The molecule has 1 fully saturated rings. The molecule has 0 radical (unpaired) electrons. The minimum absolute atomic E-state index is 0.0246. The minimum atomic E-state index is -0.491. The quantitative estimate of drug-likeness (QED) is 0.743. The summed E-state index contributed by atoms with van der Waals surface area (Å²) >= 11 is 0. The third-order valence-electron chi connectivity index (χ3n) is 5.61. The monoisotopic (exact) mass is 334 g/mol. The minimum Gasteiger partial charge on any atom is -0.352 e. The molecule has 0 bridgehead atoms. The van der Waals surface area contributed by atoms with Gasteiger partial charge in [-0.3, -0.25) is 19.5 Å². The van der Waals surface area contributed by atoms with Crippen LogP contribution < -0.4 is 16.6 Å². The van der Waals surface area contributed by atoms with Crippen LogP contribution in [0.3, 0.4) is 0 Å². The van der Waals surface area contributed by atoms with Crippen LogP contribution in [0, 0.1) is 11.8 Å². The number of nitrogens with zero attached hydrogens (tertiary/aromatic N) is 1. The Labute approximate surface area is 140 Å². The molecular weight excluding hydrogens is 308 g/mol. The van der Waals surface area contributed by atoms with Crippen LogP contribution in [0.4, 0.5) is 0 Å². The Bertz CT molecular complexity index is 723. The maximum atomic E-state index is 12.4. The summed E-state index contributed by atoms with van der Waals surface area (Å²) in [6, 6.07) is 0.251. The number of aromatic nitrogens is 2. The van der Waals surface area contributed by atoms with E-state index in [4.69, 9.17) is 0 Å². The summed E-state index contributed by atoms with van der Waals surface area (Å²) in [5, 5.41) is 3.17. The van der Waals surface area contributed by atoms with Crippen molar-refractivity contribution in [2.75, 3.05) is 13.1 Å². The largest absolute Gasteiger partial charge is 0.352 e. The highest BCUT2D eigenvalue weighted by Crippen LogP contribution is 2.29. The first-order valence-corrected chi connectivity index (χ1v) is 8.80. The van der Waals surface area contributed by atoms with Crippen molar-refractivity contribution in [3.63, 3.8) is 0 Å². The van der Waals surface area contributed by atoms with Gasteiger partial charge in [-0.15, -0.1) is 0 Å². The number of amides is 1. The highest BCUT2D eigenvalue weighted by Gasteiger charge is 2.29. The van der Waals surface area contributed by atoms with Gasteiger partial charge in [0.1, 0.15) is 0 Å². The van der Waals surface area contributed by atoms with E-state index in [9.17, 15) is 14.4 Å². The fourth-order valence-corrected chi connectivity index (χ4v) is 3.91.